The summed E-state index contributed by atoms with van der Waals surface area (Å²) >= 11 is 6.79. The number of nitrogens with one attached hydrogen (secondary N) is 1. The molecule has 2 aromatic carbocycles. The Hall–Kier alpha value is -0.710. The topological polar surface area (TPSA) is 12.0 Å². The van der Waals surface area contributed by atoms with Crippen molar-refractivity contribution in [2.24, 2.45) is 0 Å². The summed E-state index contributed by atoms with van der Waals surface area (Å²) in [6, 6.07) is 13.4. The van der Waals surface area contributed by atoms with Gasteiger partial charge >= 0.3 is 0 Å². The van der Waals surface area contributed by atoms with Crippen LogP contribution in [0.25, 0.3) is 0 Å². The van der Waals surface area contributed by atoms with Gasteiger partial charge in [0.2, 0.25) is 0 Å². The molecule has 0 fully saturated rings. The lowest BCUT2D eigenvalue weighted by atomic mass is 9.99. The van der Waals surface area contributed by atoms with Gasteiger partial charge in [-0.05, 0) is 58.7 Å². The van der Waals surface area contributed by atoms with Crippen molar-refractivity contribution in [3.05, 3.63) is 68.4 Å². The fourth-order valence-corrected chi connectivity index (χ4v) is 3.04. The van der Waals surface area contributed by atoms with Crippen LogP contribution < -0.4 is 5.32 Å². The molecule has 0 aliphatic carbocycles. The van der Waals surface area contributed by atoms with E-state index >= 15 is 0 Å². The van der Waals surface area contributed by atoms with Crippen molar-refractivity contribution in [1.82, 2.24) is 5.32 Å². The third-order valence-corrected chi connectivity index (χ3v) is 4.36. The van der Waals surface area contributed by atoms with E-state index < -0.39 is 0 Å². The minimum Gasteiger partial charge on any atom is -0.313 e. The second-order valence-corrected chi connectivity index (χ2v) is 6.03. The van der Waals surface area contributed by atoms with Gasteiger partial charge in [-0.2, -0.15) is 0 Å². The molecule has 1 unspecified atom stereocenters. The van der Waals surface area contributed by atoms with E-state index in [0.29, 0.717) is 4.47 Å². The number of hydrogen-bond donors (Lipinski definition) is 1. The van der Waals surface area contributed by atoms with Crippen LogP contribution in [0.1, 0.15) is 17.2 Å². The first kappa shape index (κ1) is 14.7. The van der Waals surface area contributed by atoms with Crippen molar-refractivity contribution in [3.63, 3.8) is 0 Å². The van der Waals surface area contributed by atoms with Gasteiger partial charge in [0.1, 0.15) is 5.82 Å². The summed E-state index contributed by atoms with van der Waals surface area (Å²) in [5.41, 5.74) is 2.13. The summed E-state index contributed by atoms with van der Waals surface area (Å²) in [4.78, 5) is 0. The van der Waals surface area contributed by atoms with Crippen LogP contribution in [-0.2, 0) is 6.42 Å². The highest BCUT2D eigenvalue weighted by Gasteiger charge is 2.15. The van der Waals surface area contributed by atoms with Crippen LogP contribution in [0, 0.1) is 5.82 Å². The van der Waals surface area contributed by atoms with E-state index in [0.717, 1.165) is 16.5 Å². The zero-order valence-electron chi connectivity index (χ0n) is 10.5. The van der Waals surface area contributed by atoms with E-state index in [1.54, 1.807) is 6.07 Å². The normalized spacial score (nSPS) is 12.4. The van der Waals surface area contributed by atoms with E-state index in [2.05, 4.69) is 49.3 Å². The highest BCUT2D eigenvalue weighted by molar-refractivity contribution is 9.10. The zero-order valence-corrected chi connectivity index (χ0v) is 13.6. The summed E-state index contributed by atoms with van der Waals surface area (Å²) in [5, 5.41) is 3.24. The molecule has 4 heteroatoms. The van der Waals surface area contributed by atoms with E-state index in [-0.39, 0.29) is 11.9 Å². The molecule has 0 saturated carbocycles. The van der Waals surface area contributed by atoms with Gasteiger partial charge in [-0.3, -0.25) is 0 Å². The van der Waals surface area contributed by atoms with E-state index in [1.165, 1.54) is 11.6 Å². The molecular weight excluding hydrogens is 373 g/mol. The van der Waals surface area contributed by atoms with Gasteiger partial charge in [0, 0.05) is 10.5 Å². The largest absolute Gasteiger partial charge is 0.313 e. The van der Waals surface area contributed by atoms with Crippen LogP contribution in [0.2, 0.25) is 0 Å². The highest BCUT2D eigenvalue weighted by atomic mass is 79.9. The average Bonchev–Trinajstić information content (AvgIpc) is 2.40. The summed E-state index contributed by atoms with van der Waals surface area (Å²) in [6.07, 6.45) is 0.804. The lowest BCUT2D eigenvalue weighted by Gasteiger charge is -2.18. The first-order valence-corrected chi connectivity index (χ1v) is 7.56. The first-order chi connectivity index (χ1) is 9.11. The molecule has 0 spiro atoms. The smallest absolute Gasteiger partial charge is 0.137 e. The summed E-state index contributed by atoms with van der Waals surface area (Å²) < 4.78 is 15.2. The SMILES string of the molecule is CNC(Cc1cccc(Br)c1)c1cccc(F)c1Br. The Morgan fingerprint density at radius 1 is 1.16 bits per heavy atom. The van der Waals surface area contributed by atoms with Crippen molar-refractivity contribution in [2.45, 2.75) is 12.5 Å². The van der Waals surface area contributed by atoms with E-state index in [9.17, 15) is 4.39 Å². The Kier molecular flexibility index (Phi) is 5.13. The molecule has 2 aromatic rings. The molecule has 1 nitrogen and oxygen atoms in total. The molecule has 0 aromatic heterocycles. The molecule has 1 atom stereocenters. The second-order valence-electron chi connectivity index (χ2n) is 4.32. The summed E-state index contributed by atoms with van der Waals surface area (Å²) in [7, 11) is 1.89. The number of hydrogen-bond acceptors (Lipinski definition) is 1. The Morgan fingerprint density at radius 3 is 2.58 bits per heavy atom. The quantitative estimate of drug-likeness (QED) is 0.791. The molecule has 0 radical (unpaired) electrons. The molecule has 0 aliphatic heterocycles. The molecule has 0 heterocycles. The van der Waals surface area contributed by atoms with Crippen molar-refractivity contribution in [1.29, 1.82) is 0 Å². The van der Waals surface area contributed by atoms with Crippen molar-refractivity contribution in [2.75, 3.05) is 7.05 Å². The van der Waals surface area contributed by atoms with Crippen LogP contribution in [0.3, 0.4) is 0 Å². The minimum absolute atomic E-state index is 0.0689. The van der Waals surface area contributed by atoms with Gasteiger partial charge in [0.25, 0.3) is 0 Å². The van der Waals surface area contributed by atoms with Gasteiger partial charge in [-0.15, -0.1) is 0 Å². The monoisotopic (exact) mass is 385 g/mol. The summed E-state index contributed by atoms with van der Waals surface area (Å²) in [6.45, 7) is 0. The maximum atomic E-state index is 13.6. The first-order valence-electron chi connectivity index (χ1n) is 5.97. The third-order valence-electron chi connectivity index (χ3n) is 3.03. The van der Waals surface area contributed by atoms with Crippen molar-refractivity contribution >= 4 is 31.9 Å². The zero-order chi connectivity index (χ0) is 13.8. The number of rotatable bonds is 4. The standard InChI is InChI=1S/C15H14Br2FN/c1-19-14(9-10-4-2-5-11(16)8-10)12-6-3-7-13(18)15(12)17/h2-8,14,19H,9H2,1H3. The predicted molar refractivity (Wildman–Crippen MR) is 83.7 cm³/mol. The Labute approximate surface area is 129 Å². The Morgan fingerprint density at radius 2 is 1.89 bits per heavy atom. The van der Waals surface area contributed by atoms with Crippen LogP contribution >= 0.6 is 31.9 Å². The number of likely N-dealkylation sites (N-methyl/N-ethyl adjacent to an activating group) is 1. The molecule has 0 aliphatic rings. The van der Waals surface area contributed by atoms with Crippen molar-refractivity contribution in [3.8, 4) is 0 Å². The van der Waals surface area contributed by atoms with E-state index in [4.69, 9.17) is 0 Å². The highest BCUT2D eigenvalue weighted by Crippen LogP contribution is 2.28. The molecule has 2 rings (SSSR count). The van der Waals surface area contributed by atoms with Crippen LogP contribution in [0.15, 0.2) is 51.4 Å². The average molecular weight is 387 g/mol. The predicted octanol–water partition coefficient (Wildman–Crippen LogP) is 4.85. The number of benzene rings is 2. The van der Waals surface area contributed by atoms with Crippen LogP contribution in [0.5, 0.6) is 0 Å². The van der Waals surface area contributed by atoms with Gasteiger partial charge in [0.05, 0.1) is 4.47 Å². The molecule has 19 heavy (non-hydrogen) atoms. The van der Waals surface area contributed by atoms with E-state index in [1.807, 2.05) is 25.2 Å². The molecule has 0 bridgehead atoms. The second kappa shape index (κ2) is 6.64. The Balaban J connectivity index is 2.28. The van der Waals surface area contributed by atoms with Gasteiger partial charge in [-0.1, -0.05) is 40.2 Å². The molecule has 100 valence electrons. The lowest BCUT2D eigenvalue weighted by Crippen LogP contribution is -2.19. The third kappa shape index (κ3) is 3.65. The van der Waals surface area contributed by atoms with Crippen LogP contribution in [-0.4, -0.2) is 7.05 Å². The fourth-order valence-electron chi connectivity index (χ4n) is 2.06. The maximum absolute atomic E-state index is 13.6. The Bertz CT molecular complexity index is 572. The summed E-state index contributed by atoms with van der Waals surface area (Å²) in [5.74, 6) is -0.230. The van der Waals surface area contributed by atoms with Gasteiger partial charge in [-0.25, -0.2) is 4.39 Å². The van der Waals surface area contributed by atoms with Gasteiger partial charge in [0.15, 0.2) is 0 Å². The lowest BCUT2D eigenvalue weighted by molar-refractivity contribution is 0.571. The molecular formula is C15H14Br2FN. The molecule has 1 N–H and O–H groups in total. The molecule has 0 saturated heterocycles. The molecule has 0 amide bonds. The minimum atomic E-state index is -0.230. The van der Waals surface area contributed by atoms with Gasteiger partial charge < -0.3 is 5.32 Å². The number of halogens is 3. The fraction of sp³-hybridized carbons (Fsp3) is 0.200. The van der Waals surface area contributed by atoms with Crippen molar-refractivity contribution < 1.29 is 4.39 Å². The van der Waals surface area contributed by atoms with Crippen LogP contribution in [0.4, 0.5) is 4.39 Å². The maximum Gasteiger partial charge on any atom is 0.137 e.